The maximum absolute atomic E-state index is 3.72. The average Bonchev–Trinajstić information content (AvgIpc) is 3.58. The predicted octanol–water partition coefficient (Wildman–Crippen LogP) is 7.95. The largest absolute Gasteiger partial charge is 0.748 e. The van der Waals surface area contributed by atoms with E-state index >= 15 is 0 Å². The molecule has 5 rings (SSSR count). The van der Waals surface area contributed by atoms with E-state index in [9.17, 15) is 0 Å². The molecule has 0 amide bonds. The molecule has 0 aliphatic carbocycles. The third-order valence-corrected chi connectivity index (χ3v) is 3.35. The van der Waals surface area contributed by atoms with Gasteiger partial charge in [-0.05, 0) is 0 Å². The van der Waals surface area contributed by atoms with E-state index in [4.69, 9.17) is 0 Å². The molecule has 0 saturated heterocycles. The summed E-state index contributed by atoms with van der Waals surface area (Å²) in [6, 6.07) is 49.7. The predicted molar refractivity (Wildman–Crippen MR) is 128 cm³/mol. The molecule has 181 valence electrons. The van der Waals surface area contributed by atoms with Crippen LogP contribution in [0.5, 0.6) is 0 Å². The average molecular weight is 642 g/mol. The van der Waals surface area contributed by atoms with E-state index < -0.39 is 0 Å². The van der Waals surface area contributed by atoms with Crippen LogP contribution in [0.4, 0.5) is 0 Å². The maximum Gasteiger partial charge on any atom is 0 e. The van der Waals surface area contributed by atoms with E-state index in [0.717, 1.165) is 11.1 Å². The SMILES string of the molecule is [CH2-]c1ccccc1.[CH2-]c1ccccc1.[Co].[Rh].[Rh].[cH-]1[cH-][cH-][cH-][cH-]1.c1cc[cH-]c1.c1cc[cH-]c1. The minimum atomic E-state index is 0. The number of hydrogen-bond donors (Lipinski definition) is 0. The van der Waals surface area contributed by atoms with Gasteiger partial charge in [-0.2, -0.15) is 85.6 Å². The van der Waals surface area contributed by atoms with Crippen LogP contribution in [0.1, 0.15) is 11.1 Å². The van der Waals surface area contributed by atoms with Crippen molar-refractivity contribution in [1.82, 2.24) is 0 Å². The van der Waals surface area contributed by atoms with Crippen LogP contribution < -0.4 is 0 Å². The number of rotatable bonds is 0. The van der Waals surface area contributed by atoms with Gasteiger partial charge in [0.1, 0.15) is 0 Å². The topological polar surface area (TPSA) is 0 Å². The van der Waals surface area contributed by atoms with E-state index in [0.29, 0.717) is 0 Å². The molecule has 5 aromatic rings. The summed E-state index contributed by atoms with van der Waals surface area (Å²) in [7, 11) is 0. The molecule has 3 radical (unpaired) electrons. The second-order valence-electron chi connectivity index (χ2n) is 5.86. The van der Waals surface area contributed by atoms with Gasteiger partial charge in [0.2, 0.25) is 0 Å². The molecule has 0 nitrogen and oxygen atoms in total. The van der Waals surface area contributed by atoms with Crippen molar-refractivity contribution >= 4 is 0 Å². The van der Waals surface area contributed by atoms with Crippen LogP contribution >= 0.6 is 0 Å². The summed E-state index contributed by atoms with van der Waals surface area (Å²) < 4.78 is 0. The van der Waals surface area contributed by atoms with Crippen LogP contribution in [0.15, 0.2) is 152 Å². The molecule has 0 bridgehead atoms. The van der Waals surface area contributed by atoms with Crippen molar-refractivity contribution in [3.05, 3.63) is 177 Å². The maximum atomic E-state index is 3.72. The van der Waals surface area contributed by atoms with Crippen LogP contribution in [-0.4, -0.2) is 0 Å². The van der Waals surface area contributed by atoms with E-state index in [1.807, 2.05) is 152 Å². The third kappa shape index (κ3) is 24.3. The Morgan fingerprint density at radius 2 is 0.656 bits per heavy atom. The van der Waals surface area contributed by atoms with Crippen LogP contribution in [0, 0.1) is 13.8 Å². The molecule has 0 N–H and O–H groups in total. The zero-order chi connectivity index (χ0) is 20.8. The van der Waals surface area contributed by atoms with Crippen molar-refractivity contribution < 1.29 is 55.7 Å². The van der Waals surface area contributed by atoms with E-state index in [2.05, 4.69) is 13.8 Å². The van der Waals surface area contributed by atoms with Gasteiger partial charge in [-0.15, -0.1) is 24.3 Å². The van der Waals surface area contributed by atoms with Gasteiger partial charge in [-0.3, -0.25) is 0 Å². The van der Waals surface area contributed by atoms with Crippen molar-refractivity contribution in [3.8, 4) is 0 Å². The fraction of sp³-hybridized carbons (Fsp3) is 0. The molecule has 0 fully saturated rings. The van der Waals surface area contributed by atoms with Gasteiger partial charge in [0.15, 0.2) is 0 Å². The molecule has 0 aromatic heterocycles. The zero-order valence-corrected chi connectivity index (χ0v) is 22.2. The summed E-state index contributed by atoms with van der Waals surface area (Å²) in [5, 5.41) is 0. The van der Waals surface area contributed by atoms with Gasteiger partial charge < -0.3 is 30.3 Å². The Balaban J connectivity index is -0.000000324. The second-order valence-corrected chi connectivity index (χ2v) is 5.86. The second kappa shape index (κ2) is 27.0. The first kappa shape index (κ1) is 34.6. The molecule has 0 atom stereocenters. The Bertz CT molecular complexity index is 700. The minimum absolute atomic E-state index is 0. The molecule has 0 heterocycles. The first-order valence-corrected chi connectivity index (χ1v) is 9.53. The van der Waals surface area contributed by atoms with Crippen molar-refractivity contribution in [2.24, 2.45) is 0 Å². The normalized spacial score (nSPS) is 7.50. The van der Waals surface area contributed by atoms with Crippen LogP contribution in [0.2, 0.25) is 0 Å². The fourth-order valence-corrected chi connectivity index (χ4v) is 1.92. The molecule has 0 unspecified atom stereocenters. The van der Waals surface area contributed by atoms with Crippen LogP contribution in [0.25, 0.3) is 0 Å². The molecule has 32 heavy (non-hydrogen) atoms. The van der Waals surface area contributed by atoms with Gasteiger partial charge in [0, 0.05) is 55.7 Å². The summed E-state index contributed by atoms with van der Waals surface area (Å²) in [5.41, 5.74) is 2.14. The molecule has 0 aliphatic heterocycles. The molecule has 5 aromatic carbocycles. The standard InChI is InChI=1S/2C7H7.3C5H5.Co.2Rh/c2*1-7-5-3-2-4-6-7;3*1-2-4-5-3-1;;;/h2*2-6H,1H2;3*1-5H;;;/q2*-1;-5;2*-1;;;. The summed E-state index contributed by atoms with van der Waals surface area (Å²) >= 11 is 0. The Morgan fingerprint density at radius 1 is 0.406 bits per heavy atom. The summed E-state index contributed by atoms with van der Waals surface area (Å²) in [6.45, 7) is 7.44. The summed E-state index contributed by atoms with van der Waals surface area (Å²) in [6.07, 6.45) is 0. The molecular formula is C29H29CoRh2-9. The minimum Gasteiger partial charge on any atom is -0.748 e. The Labute approximate surface area is 230 Å². The quantitative estimate of drug-likeness (QED) is 0.119. The fourth-order valence-electron chi connectivity index (χ4n) is 1.92. The summed E-state index contributed by atoms with van der Waals surface area (Å²) in [5.74, 6) is 0. The molecular weight excluding hydrogens is 613 g/mol. The number of benzene rings is 2. The van der Waals surface area contributed by atoms with Gasteiger partial charge >= 0.3 is 0 Å². The van der Waals surface area contributed by atoms with Crippen molar-refractivity contribution in [3.63, 3.8) is 0 Å². The van der Waals surface area contributed by atoms with Gasteiger partial charge in [0.05, 0.1) is 0 Å². The first-order chi connectivity index (χ1) is 14.3. The molecule has 3 heteroatoms. The Hall–Kier alpha value is -2.02. The molecule has 0 aliphatic rings. The third-order valence-electron chi connectivity index (χ3n) is 3.35. The zero-order valence-electron chi connectivity index (χ0n) is 17.8. The monoisotopic (exact) mass is 642 g/mol. The van der Waals surface area contributed by atoms with Gasteiger partial charge in [0.25, 0.3) is 0 Å². The van der Waals surface area contributed by atoms with E-state index in [-0.39, 0.29) is 55.7 Å². The van der Waals surface area contributed by atoms with E-state index in [1.54, 1.807) is 0 Å². The van der Waals surface area contributed by atoms with Crippen molar-refractivity contribution in [2.75, 3.05) is 0 Å². The van der Waals surface area contributed by atoms with Crippen LogP contribution in [-0.2, 0) is 55.7 Å². The Morgan fingerprint density at radius 3 is 0.781 bits per heavy atom. The van der Waals surface area contributed by atoms with Gasteiger partial charge in [-0.1, -0.05) is 12.1 Å². The van der Waals surface area contributed by atoms with Crippen molar-refractivity contribution in [1.29, 1.82) is 0 Å². The van der Waals surface area contributed by atoms with Crippen LogP contribution in [0.3, 0.4) is 0 Å². The molecule has 0 spiro atoms. The summed E-state index contributed by atoms with van der Waals surface area (Å²) in [4.78, 5) is 0. The first-order valence-electron chi connectivity index (χ1n) is 9.53. The Kier molecular flexibility index (Phi) is 29.2. The number of hydrogen-bond acceptors (Lipinski definition) is 0. The molecule has 0 saturated carbocycles. The van der Waals surface area contributed by atoms with Gasteiger partial charge in [-0.25, -0.2) is 24.3 Å². The van der Waals surface area contributed by atoms with Crippen molar-refractivity contribution in [2.45, 2.75) is 0 Å². The smallest absolute Gasteiger partial charge is 0 e. The van der Waals surface area contributed by atoms with E-state index in [1.165, 1.54) is 0 Å².